The van der Waals surface area contributed by atoms with E-state index >= 15 is 0 Å². The lowest BCUT2D eigenvalue weighted by atomic mass is 10.2. The summed E-state index contributed by atoms with van der Waals surface area (Å²) in [6.45, 7) is 6.03. The molecule has 1 heterocycles. The summed E-state index contributed by atoms with van der Waals surface area (Å²) in [4.78, 5) is 8.00. The Hall–Kier alpha value is -1.57. The molecule has 0 atom stereocenters. The van der Waals surface area contributed by atoms with Crippen molar-refractivity contribution in [2.45, 2.75) is 27.2 Å². The Labute approximate surface area is 119 Å². The molecular weight excluding hydrogens is 282 g/mol. The fourth-order valence-electron chi connectivity index (χ4n) is 1.59. The summed E-state index contributed by atoms with van der Waals surface area (Å²) in [5, 5.41) is 0. The number of sulfone groups is 1. The molecule has 0 aliphatic carbocycles. The third-order valence-corrected chi connectivity index (χ3v) is 4.32. The van der Waals surface area contributed by atoms with Crippen LogP contribution < -0.4 is 15.2 Å². The monoisotopic (exact) mass is 303 g/mol. The van der Waals surface area contributed by atoms with Crippen molar-refractivity contribution in [1.29, 1.82) is 0 Å². The Bertz CT molecular complexity index is 519. The van der Waals surface area contributed by atoms with Gasteiger partial charge in [0.2, 0.25) is 17.7 Å². The summed E-state index contributed by atoms with van der Waals surface area (Å²) in [5.74, 6) is 0.705. The first-order chi connectivity index (χ1) is 9.43. The maximum absolute atomic E-state index is 11.6. The second-order valence-corrected chi connectivity index (χ2v) is 6.50. The number of nitrogens with zero attached hydrogens (tertiary/aromatic N) is 2. The van der Waals surface area contributed by atoms with Crippen molar-refractivity contribution in [2.75, 3.05) is 30.5 Å². The van der Waals surface area contributed by atoms with Crippen LogP contribution in [0.25, 0.3) is 0 Å². The van der Waals surface area contributed by atoms with Crippen molar-refractivity contribution in [3.05, 3.63) is 5.56 Å². The van der Waals surface area contributed by atoms with Crippen LogP contribution in [0, 0.1) is 0 Å². The molecule has 7 nitrogen and oxygen atoms in total. The SMILES string of the molecule is CCOc1nc(N)nc(OCC)c1CCS(=O)(=O)CC. The van der Waals surface area contributed by atoms with Gasteiger partial charge in [-0.25, -0.2) is 8.42 Å². The third-order valence-electron chi connectivity index (χ3n) is 2.61. The predicted octanol–water partition coefficient (Wildman–Crippen LogP) is 0.833. The van der Waals surface area contributed by atoms with Gasteiger partial charge in [-0.2, -0.15) is 9.97 Å². The first-order valence-electron chi connectivity index (χ1n) is 6.55. The van der Waals surface area contributed by atoms with Crippen LogP contribution in [0.5, 0.6) is 11.8 Å². The number of ether oxygens (including phenoxy) is 2. The molecule has 0 amide bonds. The van der Waals surface area contributed by atoms with Crippen LogP contribution in [0.1, 0.15) is 26.3 Å². The van der Waals surface area contributed by atoms with Gasteiger partial charge < -0.3 is 15.2 Å². The Morgan fingerprint density at radius 2 is 1.55 bits per heavy atom. The number of rotatable bonds is 8. The van der Waals surface area contributed by atoms with E-state index in [1.165, 1.54) is 0 Å². The van der Waals surface area contributed by atoms with Crippen molar-refractivity contribution in [2.24, 2.45) is 0 Å². The van der Waals surface area contributed by atoms with Crippen molar-refractivity contribution in [3.8, 4) is 11.8 Å². The van der Waals surface area contributed by atoms with Gasteiger partial charge in [0.05, 0.1) is 24.5 Å². The molecule has 0 aromatic carbocycles. The second-order valence-electron chi connectivity index (χ2n) is 4.02. The van der Waals surface area contributed by atoms with Gasteiger partial charge in [0.15, 0.2) is 0 Å². The smallest absolute Gasteiger partial charge is 0.226 e. The standard InChI is InChI=1S/C12H21N3O4S/c1-4-18-10-9(7-8-20(16,17)6-3)11(19-5-2)15-12(13)14-10/h4-8H2,1-3H3,(H2,13,14,15). The minimum Gasteiger partial charge on any atom is -0.478 e. The molecule has 20 heavy (non-hydrogen) atoms. The maximum Gasteiger partial charge on any atom is 0.226 e. The molecule has 114 valence electrons. The van der Waals surface area contributed by atoms with Gasteiger partial charge in [0.25, 0.3) is 0 Å². The highest BCUT2D eigenvalue weighted by Gasteiger charge is 2.18. The van der Waals surface area contributed by atoms with E-state index in [-0.39, 0.29) is 35.6 Å². The molecule has 0 fully saturated rings. The van der Waals surface area contributed by atoms with E-state index in [1.54, 1.807) is 6.92 Å². The lowest BCUT2D eigenvalue weighted by Crippen LogP contribution is -2.14. The summed E-state index contributed by atoms with van der Waals surface area (Å²) in [6.07, 6.45) is 0.237. The molecule has 0 saturated carbocycles. The molecule has 0 radical (unpaired) electrons. The molecule has 1 aromatic heterocycles. The van der Waals surface area contributed by atoms with Crippen LogP contribution in [-0.2, 0) is 16.3 Å². The molecule has 1 aromatic rings. The average Bonchev–Trinajstić information content (AvgIpc) is 2.38. The number of aromatic nitrogens is 2. The van der Waals surface area contributed by atoms with Crippen LogP contribution in [-0.4, -0.2) is 43.1 Å². The molecule has 0 bridgehead atoms. The van der Waals surface area contributed by atoms with E-state index in [1.807, 2.05) is 13.8 Å². The minimum atomic E-state index is -3.09. The molecule has 0 saturated heterocycles. The van der Waals surface area contributed by atoms with E-state index in [9.17, 15) is 8.42 Å². The quantitative estimate of drug-likeness (QED) is 0.758. The van der Waals surface area contributed by atoms with Crippen molar-refractivity contribution in [3.63, 3.8) is 0 Å². The summed E-state index contributed by atoms with van der Waals surface area (Å²) in [5.41, 5.74) is 6.14. The van der Waals surface area contributed by atoms with E-state index in [4.69, 9.17) is 15.2 Å². The largest absolute Gasteiger partial charge is 0.478 e. The van der Waals surface area contributed by atoms with Crippen LogP contribution >= 0.6 is 0 Å². The topological polar surface area (TPSA) is 104 Å². The molecule has 0 aliphatic rings. The summed E-state index contributed by atoms with van der Waals surface area (Å²) >= 11 is 0. The zero-order chi connectivity index (χ0) is 15.2. The number of hydrogen-bond acceptors (Lipinski definition) is 7. The van der Waals surface area contributed by atoms with Gasteiger partial charge in [-0.3, -0.25) is 0 Å². The highest BCUT2D eigenvalue weighted by molar-refractivity contribution is 7.91. The first kappa shape index (κ1) is 16.5. The summed E-state index contributed by atoms with van der Waals surface area (Å²) in [7, 11) is -3.09. The van der Waals surface area contributed by atoms with Gasteiger partial charge in [-0.05, 0) is 20.3 Å². The Morgan fingerprint density at radius 1 is 1.05 bits per heavy atom. The summed E-state index contributed by atoms with van der Waals surface area (Å²) < 4.78 is 34.1. The van der Waals surface area contributed by atoms with Gasteiger partial charge in [0, 0.05) is 5.75 Å². The van der Waals surface area contributed by atoms with E-state index in [2.05, 4.69) is 9.97 Å². The number of nitrogen functional groups attached to an aromatic ring is 1. The Balaban J connectivity index is 3.11. The van der Waals surface area contributed by atoms with Crippen LogP contribution in [0.15, 0.2) is 0 Å². The van der Waals surface area contributed by atoms with Crippen LogP contribution in [0.2, 0.25) is 0 Å². The van der Waals surface area contributed by atoms with Gasteiger partial charge in [-0.1, -0.05) is 6.92 Å². The average molecular weight is 303 g/mol. The second kappa shape index (κ2) is 7.28. The van der Waals surface area contributed by atoms with Crippen LogP contribution in [0.3, 0.4) is 0 Å². The molecule has 0 unspecified atom stereocenters. The number of anilines is 1. The Kier molecular flexibility index (Phi) is 6.00. The first-order valence-corrected chi connectivity index (χ1v) is 8.38. The van der Waals surface area contributed by atoms with E-state index in [0.717, 1.165) is 0 Å². The van der Waals surface area contributed by atoms with Gasteiger partial charge in [0.1, 0.15) is 9.84 Å². The van der Waals surface area contributed by atoms with Crippen molar-refractivity contribution < 1.29 is 17.9 Å². The molecule has 8 heteroatoms. The zero-order valence-electron chi connectivity index (χ0n) is 12.0. The highest BCUT2D eigenvalue weighted by atomic mass is 32.2. The van der Waals surface area contributed by atoms with E-state index in [0.29, 0.717) is 18.8 Å². The third kappa shape index (κ3) is 4.52. The fourth-order valence-corrected chi connectivity index (χ4v) is 2.39. The Morgan fingerprint density at radius 3 is 1.95 bits per heavy atom. The number of nitrogens with two attached hydrogens (primary N) is 1. The molecule has 1 rings (SSSR count). The normalized spacial score (nSPS) is 11.3. The molecule has 2 N–H and O–H groups in total. The molecular formula is C12H21N3O4S. The minimum absolute atomic E-state index is 0.00305. The van der Waals surface area contributed by atoms with Crippen molar-refractivity contribution >= 4 is 15.8 Å². The lowest BCUT2D eigenvalue weighted by Gasteiger charge is -2.13. The summed E-state index contributed by atoms with van der Waals surface area (Å²) in [6, 6.07) is 0. The maximum atomic E-state index is 11.6. The zero-order valence-corrected chi connectivity index (χ0v) is 12.9. The molecule has 0 aliphatic heterocycles. The lowest BCUT2D eigenvalue weighted by molar-refractivity contribution is 0.300. The van der Waals surface area contributed by atoms with Gasteiger partial charge >= 0.3 is 0 Å². The number of hydrogen-bond donors (Lipinski definition) is 1. The van der Waals surface area contributed by atoms with Gasteiger partial charge in [-0.15, -0.1) is 0 Å². The fraction of sp³-hybridized carbons (Fsp3) is 0.667. The molecule has 0 spiro atoms. The highest BCUT2D eigenvalue weighted by Crippen LogP contribution is 2.27. The predicted molar refractivity (Wildman–Crippen MR) is 76.8 cm³/mol. The van der Waals surface area contributed by atoms with Crippen molar-refractivity contribution in [1.82, 2.24) is 9.97 Å². The van der Waals surface area contributed by atoms with E-state index < -0.39 is 9.84 Å². The van der Waals surface area contributed by atoms with Crippen LogP contribution in [0.4, 0.5) is 5.95 Å².